The third-order valence-electron chi connectivity index (χ3n) is 8.53. The fraction of sp³-hybridized carbons (Fsp3) is 0.853. The number of hydrogen-bond acceptors (Lipinski definition) is 14. The summed E-state index contributed by atoms with van der Waals surface area (Å²) in [7, 11) is 0. The van der Waals surface area contributed by atoms with Crippen LogP contribution >= 0.6 is 0 Å². The first-order valence-corrected chi connectivity index (χ1v) is 17.5. The van der Waals surface area contributed by atoms with Gasteiger partial charge in [0.05, 0.1) is 6.10 Å². The van der Waals surface area contributed by atoms with Crippen LogP contribution in [0.1, 0.15) is 104 Å². The summed E-state index contributed by atoms with van der Waals surface area (Å²) in [5.41, 5.74) is 0. The lowest BCUT2D eigenvalue weighted by molar-refractivity contribution is -0.371. The van der Waals surface area contributed by atoms with Crippen molar-refractivity contribution in [2.24, 2.45) is 0 Å². The standard InChI is InChI=1S/C34H58O15/c1-21(17-15-13-11-9-7-5-4-6-8-10-12-14-16-18-26(37)38)46-34-32(30(42)28(40)25(48-34)20-45-23(3)36)49-33-31(43)29(41)27(39)24(47-33)19-44-22(2)35/h4-5,21,24-25,27-34,39-43H,6-20H2,1-3H3,(H,37,38)/t21?,24?,25?,27-,28-,29?,30?,31+,32+,33+,34-/m1/s1. The molecular formula is C34H58O15. The smallest absolute Gasteiger partial charge is 0.303 e. The number of aliphatic hydroxyl groups is 5. The molecule has 2 aliphatic rings. The van der Waals surface area contributed by atoms with Gasteiger partial charge in [0.25, 0.3) is 0 Å². The summed E-state index contributed by atoms with van der Waals surface area (Å²) >= 11 is 0. The molecule has 2 aliphatic heterocycles. The van der Waals surface area contributed by atoms with Crippen LogP contribution in [-0.2, 0) is 42.8 Å². The summed E-state index contributed by atoms with van der Waals surface area (Å²) in [4.78, 5) is 33.2. The second-order valence-electron chi connectivity index (χ2n) is 12.9. The van der Waals surface area contributed by atoms with Gasteiger partial charge in [0.2, 0.25) is 0 Å². The van der Waals surface area contributed by atoms with E-state index in [0.29, 0.717) is 6.42 Å². The summed E-state index contributed by atoms with van der Waals surface area (Å²) in [5, 5.41) is 61.7. The first-order valence-electron chi connectivity index (χ1n) is 17.5. The average Bonchev–Trinajstić information content (AvgIpc) is 3.04. The van der Waals surface area contributed by atoms with Gasteiger partial charge in [-0.1, -0.05) is 50.7 Å². The van der Waals surface area contributed by atoms with Crippen molar-refractivity contribution in [1.82, 2.24) is 0 Å². The highest BCUT2D eigenvalue weighted by molar-refractivity contribution is 5.66. The van der Waals surface area contributed by atoms with Gasteiger partial charge in [0, 0.05) is 20.3 Å². The van der Waals surface area contributed by atoms with E-state index in [1.165, 1.54) is 6.92 Å². The number of hydrogen-bond donors (Lipinski definition) is 6. The second-order valence-corrected chi connectivity index (χ2v) is 12.9. The number of allylic oxidation sites excluding steroid dienone is 2. The molecule has 2 rings (SSSR count). The summed E-state index contributed by atoms with van der Waals surface area (Å²) in [6.07, 6.45) is 0.603. The fourth-order valence-electron chi connectivity index (χ4n) is 5.67. The lowest BCUT2D eigenvalue weighted by atomic mass is 9.97. The second kappa shape index (κ2) is 23.3. The zero-order valence-electron chi connectivity index (χ0n) is 29.0. The molecular weight excluding hydrogens is 648 g/mol. The minimum Gasteiger partial charge on any atom is -0.481 e. The third kappa shape index (κ3) is 16.1. The lowest BCUT2D eigenvalue weighted by Gasteiger charge is -2.46. The van der Waals surface area contributed by atoms with E-state index in [0.717, 1.165) is 77.6 Å². The van der Waals surface area contributed by atoms with Gasteiger partial charge in [-0.05, 0) is 45.4 Å². The molecule has 0 aromatic carbocycles. The van der Waals surface area contributed by atoms with Crippen LogP contribution in [0.25, 0.3) is 0 Å². The predicted molar refractivity (Wildman–Crippen MR) is 173 cm³/mol. The highest BCUT2D eigenvalue weighted by Crippen LogP contribution is 2.31. The maximum absolute atomic E-state index is 11.4. The monoisotopic (exact) mass is 706 g/mol. The first kappa shape index (κ1) is 43.0. The number of carboxylic acids is 1. The van der Waals surface area contributed by atoms with Crippen molar-refractivity contribution in [3.63, 3.8) is 0 Å². The average molecular weight is 707 g/mol. The molecule has 5 unspecified atom stereocenters. The molecule has 2 fully saturated rings. The van der Waals surface area contributed by atoms with Crippen molar-refractivity contribution >= 4 is 17.9 Å². The predicted octanol–water partition coefficient (Wildman–Crippen LogP) is 1.87. The molecule has 2 heterocycles. The van der Waals surface area contributed by atoms with Crippen LogP contribution < -0.4 is 0 Å². The Morgan fingerprint density at radius 2 is 1.14 bits per heavy atom. The van der Waals surface area contributed by atoms with Crippen LogP contribution in [0.15, 0.2) is 12.2 Å². The van der Waals surface area contributed by atoms with E-state index in [-0.39, 0.29) is 13.0 Å². The summed E-state index contributed by atoms with van der Waals surface area (Å²) < 4.78 is 33.3. The molecule has 0 bridgehead atoms. The number of esters is 2. The molecule has 11 atom stereocenters. The van der Waals surface area contributed by atoms with Crippen molar-refractivity contribution < 1.29 is 73.4 Å². The van der Waals surface area contributed by atoms with E-state index in [4.69, 9.17) is 33.5 Å². The first-order chi connectivity index (χ1) is 23.3. The summed E-state index contributed by atoms with van der Waals surface area (Å²) in [6, 6.07) is 0. The molecule has 0 aromatic rings. The molecule has 6 N–H and O–H groups in total. The summed E-state index contributed by atoms with van der Waals surface area (Å²) in [5.74, 6) is -2.00. The van der Waals surface area contributed by atoms with Crippen molar-refractivity contribution in [3.8, 4) is 0 Å². The van der Waals surface area contributed by atoms with Gasteiger partial charge < -0.3 is 59.1 Å². The number of ether oxygens (including phenoxy) is 6. The molecule has 0 spiro atoms. The van der Waals surface area contributed by atoms with Crippen molar-refractivity contribution in [1.29, 1.82) is 0 Å². The van der Waals surface area contributed by atoms with E-state index in [1.807, 2.05) is 6.92 Å². The Morgan fingerprint density at radius 1 is 0.653 bits per heavy atom. The number of carboxylic acid groups (broad SMARTS) is 1. The van der Waals surface area contributed by atoms with Crippen LogP contribution in [0.3, 0.4) is 0 Å². The zero-order chi connectivity index (χ0) is 36.3. The van der Waals surface area contributed by atoms with Crippen LogP contribution in [0.2, 0.25) is 0 Å². The lowest BCUT2D eigenvalue weighted by Crippen LogP contribution is -2.65. The molecule has 0 saturated carbocycles. The van der Waals surface area contributed by atoms with Gasteiger partial charge in [0.1, 0.15) is 62.0 Å². The SMILES string of the molecule is CC(=O)OCC1O[C@@H](O[C@H]2C(O)[C@H](O)C(COC(C)=O)O[C@H]2OC(C)CCCCCCC=CCCCCCCCC(=O)O)[C@@H](O)C(O)[C@@H]1O. The van der Waals surface area contributed by atoms with Gasteiger partial charge in [0.15, 0.2) is 12.6 Å². The Hall–Kier alpha value is -2.21. The van der Waals surface area contributed by atoms with E-state index >= 15 is 0 Å². The van der Waals surface area contributed by atoms with E-state index < -0.39 is 92.0 Å². The Kier molecular flexibility index (Phi) is 20.4. The Labute approximate surface area is 288 Å². The molecule has 0 amide bonds. The normalized spacial score (nSPS) is 31.0. The van der Waals surface area contributed by atoms with Crippen molar-refractivity contribution in [3.05, 3.63) is 12.2 Å². The van der Waals surface area contributed by atoms with Crippen LogP contribution in [0.4, 0.5) is 0 Å². The number of unbranched alkanes of at least 4 members (excludes halogenated alkanes) is 9. The maximum atomic E-state index is 11.4. The van der Waals surface area contributed by atoms with E-state index in [2.05, 4.69) is 12.2 Å². The van der Waals surface area contributed by atoms with Crippen molar-refractivity contribution in [2.45, 2.75) is 172 Å². The molecule has 0 radical (unpaired) electrons. The largest absolute Gasteiger partial charge is 0.481 e. The van der Waals surface area contributed by atoms with Crippen LogP contribution in [0.5, 0.6) is 0 Å². The Morgan fingerprint density at radius 3 is 1.69 bits per heavy atom. The van der Waals surface area contributed by atoms with E-state index in [9.17, 15) is 39.9 Å². The minimum atomic E-state index is -1.78. The minimum absolute atomic E-state index is 0.245. The molecule has 15 heteroatoms. The van der Waals surface area contributed by atoms with Crippen LogP contribution in [0, 0.1) is 0 Å². The number of aliphatic carboxylic acids is 1. The molecule has 0 aromatic heterocycles. The number of rotatable bonds is 23. The Balaban J connectivity index is 1.85. The fourth-order valence-corrected chi connectivity index (χ4v) is 5.67. The number of carbonyl (C=O) groups excluding carboxylic acids is 2. The molecule has 49 heavy (non-hydrogen) atoms. The Bertz CT molecular complexity index is 993. The maximum Gasteiger partial charge on any atom is 0.303 e. The number of aliphatic hydroxyl groups excluding tert-OH is 5. The number of carbonyl (C=O) groups is 3. The molecule has 284 valence electrons. The molecule has 2 saturated heterocycles. The van der Waals surface area contributed by atoms with Crippen molar-refractivity contribution in [2.75, 3.05) is 13.2 Å². The highest BCUT2D eigenvalue weighted by atomic mass is 16.8. The van der Waals surface area contributed by atoms with Gasteiger partial charge in [-0.15, -0.1) is 0 Å². The van der Waals surface area contributed by atoms with E-state index in [1.54, 1.807) is 0 Å². The van der Waals surface area contributed by atoms with Gasteiger partial charge >= 0.3 is 17.9 Å². The topological polar surface area (TPSA) is 228 Å². The van der Waals surface area contributed by atoms with Gasteiger partial charge in [-0.2, -0.15) is 0 Å². The highest BCUT2D eigenvalue weighted by Gasteiger charge is 2.51. The van der Waals surface area contributed by atoms with Gasteiger partial charge in [-0.3, -0.25) is 14.4 Å². The van der Waals surface area contributed by atoms with Gasteiger partial charge in [-0.25, -0.2) is 0 Å². The summed E-state index contributed by atoms with van der Waals surface area (Å²) in [6.45, 7) is 3.35. The quantitative estimate of drug-likeness (QED) is 0.0506. The molecule has 0 aliphatic carbocycles. The van der Waals surface area contributed by atoms with Crippen LogP contribution in [-0.4, -0.2) is 129 Å². The third-order valence-corrected chi connectivity index (χ3v) is 8.53. The zero-order valence-corrected chi connectivity index (χ0v) is 29.0. The molecule has 15 nitrogen and oxygen atoms in total.